The Morgan fingerprint density at radius 3 is 2.81 bits per heavy atom. The van der Waals surface area contributed by atoms with Crippen molar-refractivity contribution in [3.05, 3.63) is 47.2 Å². The Morgan fingerprint density at radius 1 is 1.25 bits per heavy atom. The quantitative estimate of drug-likeness (QED) is 0.785. The first kappa shape index (κ1) is 11.1. The van der Waals surface area contributed by atoms with E-state index >= 15 is 0 Å². The van der Waals surface area contributed by atoms with Crippen molar-refractivity contribution < 1.29 is 4.79 Å². The molecule has 0 saturated carbocycles. The molecule has 2 rings (SSSR count). The first-order valence-electron chi connectivity index (χ1n) is 4.49. The zero-order valence-corrected chi connectivity index (χ0v) is 9.70. The Morgan fingerprint density at radius 2 is 2.12 bits per heavy atom. The largest absolute Gasteiger partial charge is 0.298 e. The van der Waals surface area contributed by atoms with E-state index in [1.165, 1.54) is 11.8 Å². The second-order valence-electron chi connectivity index (χ2n) is 2.93. The average Bonchev–Trinajstić information content (AvgIpc) is 2.33. The van der Waals surface area contributed by atoms with Crippen molar-refractivity contribution in [2.24, 2.45) is 0 Å². The number of halogens is 1. The highest BCUT2D eigenvalue weighted by Crippen LogP contribution is 2.26. The van der Waals surface area contributed by atoms with E-state index in [0.29, 0.717) is 15.6 Å². The van der Waals surface area contributed by atoms with Crippen molar-refractivity contribution in [3.8, 4) is 0 Å². The maximum absolute atomic E-state index is 10.8. The van der Waals surface area contributed by atoms with E-state index in [1.807, 2.05) is 0 Å². The third-order valence-corrected chi connectivity index (χ3v) is 3.04. The van der Waals surface area contributed by atoms with E-state index in [9.17, 15) is 4.79 Å². The third kappa shape index (κ3) is 2.59. The van der Waals surface area contributed by atoms with Crippen molar-refractivity contribution in [1.82, 2.24) is 9.97 Å². The number of carbonyl (C=O) groups is 1. The van der Waals surface area contributed by atoms with Crippen LogP contribution >= 0.6 is 23.4 Å². The van der Waals surface area contributed by atoms with Crippen LogP contribution in [0.5, 0.6) is 0 Å². The highest BCUT2D eigenvalue weighted by atomic mass is 35.5. The fourth-order valence-corrected chi connectivity index (χ4v) is 2.00. The zero-order chi connectivity index (χ0) is 11.4. The first-order chi connectivity index (χ1) is 7.79. The molecule has 16 heavy (non-hydrogen) atoms. The van der Waals surface area contributed by atoms with Gasteiger partial charge in [0.25, 0.3) is 0 Å². The molecule has 0 bridgehead atoms. The predicted octanol–water partition coefficient (Wildman–Crippen LogP) is 3.09. The van der Waals surface area contributed by atoms with Crippen molar-refractivity contribution in [3.63, 3.8) is 0 Å². The van der Waals surface area contributed by atoms with Gasteiger partial charge in [0.05, 0.1) is 5.02 Å². The number of hydrogen-bond donors (Lipinski definition) is 0. The lowest BCUT2D eigenvalue weighted by Gasteiger charge is -2.01. The minimum absolute atomic E-state index is 0.559. The lowest BCUT2D eigenvalue weighted by atomic mass is 10.3. The van der Waals surface area contributed by atoms with Gasteiger partial charge in [-0.05, 0) is 36.0 Å². The molecule has 2 heterocycles. The number of carbonyl (C=O) groups excluding carboxylic acids is 1. The first-order valence-corrected chi connectivity index (χ1v) is 5.68. The highest BCUT2D eigenvalue weighted by molar-refractivity contribution is 7.99. The molecule has 3 nitrogen and oxygen atoms in total. The standard InChI is InChI=1S/C11H7ClN2OS/c12-9-3-4-10(14-6-9)16-11-8(7-15)2-1-5-13-11/h1-7H. The van der Waals surface area contributed by atoms with Gasteiger partial charge in [-0.15, -0.1) is 0 Å². The lowest BCUT2D eigenvalue weighted by molar-refractivity contribution is 0.112. The molecule has 2 aromatic rings. The molecular formula is C11H7ClN2OS. The summed E-state index contributed by atoms with van der Waals surface area (Å²) in [6.45, 7) is 0. The van der Waals surface area contributed by atoms with Crippen LogP contribution in [0.3, 0.4) is 0 Å². The van der Waals surface area contributed by atoms with Crippen LogP contribution in [0.2, 0.25) is 5.02 Å². The Hall–Kier alpha value is -1.39. The van der Waals surface area contributed by atoms with Gasteiger partial charge >= 0.3 is 0 Å². The molecule has 0 aliphatic rings. The number of rotatable bonds is 3. The molecule has 0 N–H and O–H groups in total. The van der Waals surface area contributed by atoms with Gasteiger partial charge in [-0.1, -0.05) is 11.6 Å². The maximum atomic E-state index is 10.8. The number of pyridine rings is 2. The van der Waals surface area contributed by atoms with E-state index in [-0.39, 0.29) is 0 Å². The van der Waals surface area contributed by atoms with E-state index < -0.39 is 0 Å². The summed E-state index contributed by atoms with van der Waals surface area (Å²) in [5, 5.41) is 1.99. The van der Waals surface area contributed by atoms with Gasteiger partial charge in [0.15, 0.2) is 6.29 Å². The fourth-order valence-electron chi connectivity index (χ4n) is 1.10. The molecule has 80 valence electrons. The minimum atomic E-state index is 0.559. The highest BCUT2D eigenvalue weighted by Gasteiger charge is 2.05. The van der Waals surface area contributed by atoms with Crippen LogP contribution in [-0.2, 0) is 0 Å². The van der Waals surface area contributed by atoms with Crippen LogP contribution in [0.4, 0.5) is 0 Å². The molecule has 0 atom stereocenters. The normalized spacial score (nSPS) is 10.1. The van der Waals surface area contributed by atoms with Gasteiger partial charge in [0.2, 0.25) is 0 Å². The van der Waals surface area contributed by atoms with E-state index in [1.54, 1.807) is 36.7 Å². The van der Waals surface area contributed by atoms with Gasteiger partial charge in [0.1, 0.15) is 10.1 Å². The Labute approximate surface area is 102 Å². The second-order valence-corrected chi connectivity index (χ2v) is 4.38. The summed E-state index contributed by atoms with van der Waals surface area (Å²) in [6, 6.07) is 6.98. The summed E-state index contributed by atoms with van der Waals surface area (Å²) in [5.74, 6) is 0. The fraction of sp³-hybridized carbons (Fsp3) is 0. The number of aromatic nitrogens is 2. The third-order valence-electron chi connectivity index (χ3n) is 1.83. The SMILES string of the molecule is O=Cc1cccnc1Sc1ccc(Cl)cn1. The van der Waals surface area contributed by atoms with Crippen LogP contribution in [0, 0.1) is 0 Å². The van der Waals surface area contributed by atoms with E-state index in [0.717, 1.165) is 11.3 Å². The van der Waals surface area contributed by atoms with Crippen LogP contribution in [0.1, 0.15) is 10.4 Å². The summed E-state index contributed by atoms with van der Waals surface area (Å²) in [5.41, 5.74) is 0.559. The molecule has 0 unspecified atom stereocenters. The molecule has 0 aliphatic heterocycles. The molecule has 2 aromatic heterocycles. The molecule has 0 aromatic carbocycles. The average molecular weight is 251 g/mol. The Balaban J connectivity index is 2.26. The van der Waals surface area contributed by atoms with Gasteiger partial charge in [0, 0.05) is 18.0 Å². The van der Waals surface area contributed by atoms with Crippen molar-refractivity contribution in [2.75, 3.05) is 0 Å². The Kier molecular flexibility index (Phi) is 3.54. The van der Waals surface area contributed by atoms with Crippen LogP contribution in [0.25, 0.3) is 0 Å². The van der Waals surface area contributed by atoms with Gasteiger partial charge in [-0.25, -0.2) is 9.97 Å². The molecule has 0 radical (unpaired) electrons. The predicted molar refractivity (Wildman–Crippen MR) is 63.0 cm³/mol. The number of aldehydes is 1. The molecule has 0 aliphatic carbocycles. The summed E-state index contributed by atoms with van der Waals surface area (Å²) < 4.78 is 0. The summed E-state index contributed by atoms with van der Waals surface area (Å²) in [6.07, 6.45) is 3.99. The van der Waals surface area contributed by atoms with E-state index in [2.05, 4.69) is 9.97 Å². The van der Waals surface area contributed by atoms with Crippen molar-refractivity contribution in [1.29, 1.82) is 0 Å². The molecule has 0 spiro atoms. The van der Waals surface area contributed by atoms with Crippen LogP contribution in [-0.4, -0.2) is 16.3 Å². The molecular weight excluding hydrogens is 244 g/mol. The summed E-state index contributed by atoms with van der Waals surface area (Å²) in [4.78, 5) is 19.0. The topological polar surface area (TPSA) is 42.9 Å². The number of hydrogen-bond acceptors (Lipinski definition) is 4. The molecule has 0 fully saturated rings. The minimum Gasteiger partial charge on any atom is -0.298 e. The monoisotopic (exact) mass is 250 g/mol. The summed E-state index contributed by atoms with van der Waals surface area (Å²) >= 11 is 7.07. The smallest absolute Gasteiger partial charge is 0.152 e. The van der Waals surface area contributed by atoms with Gasteiger partial charge in [-0.2, -0.15) is 0 Å². The van der Waals surface area contributed by atoms with Gasteiger partial charge in [-0.3, -0.25) is 4.79 Å². The van der Waals surface area contributed by atoms with Crippen LogP contribution < -0.4 is 0 Å². The molecule has 5 heteroatoms. The lowest BCUT2D eigenvalue weighted by Crippen LogP contribution is -1.89. The van der Waals surface area contributed by atoms with Crippen molar-refractivity contribution in [2.45, 2.75) is 10.1 Å². The maximum Gasteiger partial charge on any atom is 0.152 e. The number of nitrogens with zero attached hydrogens (tertiary/aromatic N) is 2. The van der Waals surface area contributed by atoms with Crippen LogP contribution in [0.15, 0.2) is 46.7 Å². The zero-order valence-electron chi connectivity index (χ0n) is 8.13. The second kappa shape index (κ2) is 5.09. The summed E-state index contributed by atoms with van der Waals surface area (Å²) in [7, 11) is 0. The Bertz CT molecular complexity index is 502. The van der Waals surface area contributed by atoms with E-state index in [4.69, 9.17) is 11.6 Å². The van der Waals surface area contributed by atoms with Crippen molar-refractivity contribution >= 4 is 29.6 Å². The van der Waals surface area contributed by atoms with Gasteiger partial charge < -0.3 is 0 Å². The molecule has 0 saturated heterocycles. The molecule has 0 amide bonds.